The van der Waals surface area contributed by atoms with Gasteiger partial charge in [-0.05, 0) is 42.8 Å². The summed E-state index contributed by atoms with van der Waals surface area (Å²) in [6, 6.07) is 11.0. The minimum Gasteiger partial charge on any atom is -0.494 e. The Kier molecular flexibility index (Phi) is 4.46. The number of nitrogens with zero attached hydrogens (tertiary/aromatic N) is 2. The van der Waals surface area contributed by atoms with Crippen molar-refractivity contribution in [3.63, 3.8) is 0 Å². The highest BCUT2D eigenvalue weighted by Gasteiger charge is 2.16. The number of halogens is 1. The Labute approximate surface area is 139 Å². The van der Waals surface area contributed by atoms with Crippen LogP contribution < -0.4 is 10.1 Å². The number of aryl methyl sites for hydroxylation is 1. The first-order valence-electron chi connectivity index (χ1n) is 7.74. The molecule has 1 N–H and O–H groups in total. The molecule has 0 spiro atoms. The van der Waals surface area contributed by atoms with E-state index in [1.165, 1.54) is 24.3 Å². The van der Waals surface area contributed by atoms with Crippen molar-refractivity contribution in [1.82, 2.24) is 9.78 Å². The minimum absolute atomic E-state index is 0.333. The second kappa shape index (κ2) is 6.70. The van der Waals surface area contributed by atoms with Crippen molar-refractivity contribution in [1.29, 1.82) is 0 Å². The summed E-state index contributed by atoms with van der Waals surface area (Å²) in [5, 5.41) is 8.11. The second-order valence-electron chi connectivity index (χ2n) is 5.39. The number of carbonyl (C=O) groups is 1. The molecule has 0 atom stereocenters. The van der Waals surface area contributed by atoms with E-state index in [2.05, 4.69) is 17.3 Å². The maximum atomic E-state index is 13.0. The number of nitrogens with one attached hydrogen (secondary N) is 1. The summed E-state index contributed by atoms with van der Waals surface area (Å²) in [5.41, 5.74) is 1.22. The first-order valence-corrected chi connectivity index (χ1v) is 7.74. The van der Waals surface area contributed by atoms with Gasteiger partial charge in [0.1, 0.15) is 17.1 Å². The monoisotopic (exact) mass is 327 g/mol. The lowest BCUT2D eigenvalue weighted by atomic mass is 10.2. The quantitative estimate of drug-likeness (QED) is 0.774. The van der Waals surface area contributed by atoms with Crippen molar-refractivity contribution >= 4 is 22.6 Å². The van der Waals surface area contributed by atoms with Gasteiger partial charge >= 0.3 is 0 Å². The fourth-order valence-corrected chi connectivity index (χ4v) is 2.62. The van der Waals surface area contributed by atoms with E-state index >= 15 is 0 Å². The Bertz CT molecular complexity index is 872. The van der Waals surface area contributed by atoms with Gasteiger partial charge in [0.05, 0.1) is 7.11 Å². The van der Waals surface area contributed by atoms with Crippen LogP contribution in [0, 0.1) is 5.82 Å². The molecule has 0 aliphatic rings. The van der Waals surface area contributed by atoms with Crippen LogP contribution in [-0.4, -0.2) is 22.8 Å². The Morgan fingerprint density at radius 1 is 1.25 bits per heavy atom. The highest BCUT2D eigenvalue weighted by atomic mass is 19.1. The van der Waals surface area contributed by atoms with Crippen molar-refractivity contribution in [3.05, 3.63) is 53.8 Å². The largest absolute Gasteiger partial charge is 0.494 e. The first kappa shape index (κ1) is 16.0. The maximum absolute atomic E-state index is 13.0. The lowest BCUT2D eigenvalue weighted by Gasteiger charge is -2.05. The molecule has 0 saturated carbocycles. The molecular weight excluding hydrogens is 309 g/mol. The van der Waals surface area contributed by atoms with Crippen LogP contribution in [0.2, 0.25) is 0 Å². The number of rotatable bonds is 5. The smallest absolute Gasteiger partial charge is 0.256 e. The van der Waals surface area contributed by atoms with Crippen LogP contribution in [0.3, 0.4) is 0 Å². The number of ether oxygens (including phenoxy) is 1. The van der Waals surface area contributed by atoms with Crippen LogP contribution in [0.25, 0.3) is 10.9 Å². The molecular formula is C18H18FN3O2. The van der Waals surface area contributed by atoms with Crippen molar-refractivity contribution in [2.45, 2.75) is 19.9 Å². The van der Waals surface area contributed by atoms with Crippen molar-refractivity contribution in [2.24, 2.45) is 0 Å². The van der Waals surface area contributed by atoms with Gasteiger partial charge in [0.15, 0.2) is 5.82 Å². The molecule has 0 aliphatic heterocycles. The van der Waals surface area contributed by atoms with Gasteiger partial charge in [-0.25, -0.2) is 4.39 Å². The maximum Gasteiger partial charge on any atom is 0.256 e. The molecule has 5 nitrogen and oxygen atoms in total. The summed E-state index contributed by atoms with van der Waals surface area (Å²) in [6.07, 6.45) is 0.903. The standard InChI is InChI=1S/C18H18FN3O2/c1-3-11-22-16-14(5-4-6-15(16)24-2)17(21-22)20-18(23)12-7-9-13(19)10-8-12/h4-10H,3,11H2,1-2H3,(H,20,21,23). The molecule has 3 aromatic rings. The van der Waals surface area contributed by atoms with E-state index in [-0.39, 0.29) is 11.7 Å². The molecule has 1 heterocycles. The number of benzene rings is 2. The highest BCUT2D eigenvalue weighted by molar-refractivity contribution is 6.08. The SMILES string of the molecule is CCCn1nc(NC(=O)c2ccc(F)cc2)c2cccc(OC)c21. The van der Waals surface area contributed by atoms with Crippen molar-refractivity contribution in [2.75, 3.05) is 12.4 Å². The van der Waals surface area contributed by atoms with Gasteiger partial charge in [-0.1, -0.05) is 13.0 Å². The topological polar surface area (TPSA) is 56.2 Å². The third-order valence-corrected chi connectivity index (χ3v) is 3.73. The zero-order valence-electron chi connectivity index (χ0n) is 13.5. The van der Waals surface area contributed by atoms with Crippen LogP contribution in [0.4, 0.5) is 10.2 Å². The fraction of sp³-hybridized carbons (Fsp3) is 0.222. The highest BCUT2D eigenvalue weighted by Crippen LogP contribution is 2.31. The molecule has 0 radical (unpaired) electrons. The molecule has 1 aromatic heterocycles. The number of anilines is 1. The van der Waals surface area contributed by atoms with Gasteiger partial charge in [0.2, 0.25) is 0 Å². The zero-order chi connectivity index (χ0) is 17.1. The van der Waals surface area contributed by atoms with E-state index in [1.807, 2.05) is 22.9 Å². The number of methoxy groups -OCH3 is 1. The molecule has 124 valence electrons. The molecule has 0 fully saturated rings. The second-order valence-corrected chi connectivity index (χ2v) is 5.39. The van der Waals surface area contributed by atoms with E-state index in [0.29, 0.717) is 23.7 Å². The number of carbonyl (C=O) groups excluding carboxylic acids is 1. The van der Waals surface area contributed by atoms with Crippen molar-refractivity contribution < 1.29 is 13.9 Å². The number of amides is 1. The van der Waals surface area contributed by atoms with E-state index in [0.717, 1.165) is 17.3 Å². The van der Waals surface area contributed by atoms with Gasteiger partial charge in [-0.3, -0.25) is 9.48 Å². The van der Waals surface area contributed by atoms with Gasteiger partial charge in [-0.2, -0.15) is 5.10 Å². The number of aromatic nitrogens is 2. The third-order valence-electron chi connectivity index (χ3n) is 3.73. The molecule has 6 heteroatoms. The van der Waals surface area contributed by atoms with E-state index < -0.39 is 0 Å². The van der Waals surface area contributed by atoms with Gasteiger partial charge < -0.3 is 10.1 Å². The molecule has 24 heavy (non-hydrogen) atoms. The first-order chi connectivity index (χ1) is 11.6. The molecule has 0 aliphatic carbocycles. The molecule has 0 bridgehead atoms. The number of para-hydroxylation sites is 1. The van der Waals surface area contributed by atoms with E-state index in [1.54, 1.807) is 7.11 Å². The van der Waals surface area contributed by atoms with Crippen LogP contribution in [-0.2, 0) is 6.54 Å². The zero-order valence-corrected chi connectivity index (χ0v) is 13.5. The van der Waals surface area contributed by atoms with E-state index in [4.69, 9.17) is 4.74 Å². The summed E-state index contributed by atoms with van der Waals surface area (Å²) in [5.74, 6) is 0.456. The molecule has 0 saturated heterocycles. The summed E-state index contributed by atoms with van der Waals surface area (Å²) in [6.45, 7) is 2.77. The average Bonchev–Trinajstić information content (AvgIpc) is 2.93. The Hall–Kier alpha value is -2.89. The number of hydrogen-bond acceptors (Lipinski definition) is 3. The predicted octanol–water partition coefficient (Wildman–Crippen LogP) is 3.85. The summed E-state index contributed by atoms with van der Waals surface area (Å²) >= 11 is 0. The van der Waals surface area contributed by atoms with Crippen LogP contribution in [0.15, 0.2) is 42.5 Å². The van der Waals surface area contributed by atoms with E-state index in [9.17, 15) is 9.18 Å². The van der Waals surface area contributed by atoms with Crippen LogP contribution >= 0.6 is 0 Å². The average molecular weight is 327 g/mol. The van der Waals surface area contributed by atoms with Gasteiger partial charge in [0.25, 0.3) is 5.91 Å². The summed E-state index contributed by atoms with van der Waals surface area (Å²) in [4.78, 5) is 12.4. The van der Waals surface area contributed by atoms with Crippen LogP contribution in [0.1, 0.15) is 23.7 Å². The molecule has 1 amide bonds. The predicted molar refractivity (Wildman–Crippen MR) is 90.9 cm³/mol. The lowest BCUT2D eigenvalue weighted by molar-refractivity contribution is 0.102. The Morgan fingerprint density at radius 3 is 2.67 bits per heavy atom. The van der Waals surface area contributed by atoms with Gasteiger partial charge in [0, 0.05) is 17.5 Å². The molecule has 3 rings (SSSR count). The molecule has 2 aromatic carbocycles. The lowest BCUT2D eigenvalue weighted by Crippen LogP contribution is -2.13. The van der Waals surface area contributed by atoms with Crippen LogP contribution in [0.5, 0.6) is 5.75 Å². The third kappa shape index (κ3) is 2.95. The summed E-state index contributed by atoms with van der Waals surface area (Å²) in [7, 11) is 1.61. The molecule has 0 unspecified atom stereocenters. The van der Waals surface area contributed by atoms with Gasteiger partial charge in [-0.15, -0.1) is 0 Å². The fourth-order valence-electron chi connectivity index (χ4n) is 2.62. The minimum atomic E-state index is -0.381. The van der Waals surface area contributed by atoms with Crippen molar-refractivity contribution in [3.8, 4) is 5.75 Å². The normalized spacial score (nSPS) is 10.8. The Morgan fingerprint density at radius 2 is 2.00 bits per heavy atom. The summed E-state index contributed by atoms with van der Waals surface area (Å²) < 4.78 is 20.2. The Balaban J connectivity index is 2.00. The number of fused-ring (bicyclic) bond motifs is 1. The number of hydrogen-bond donors (Lipinski definition) is 1.